The second-order valence-corrected chi connectivity index (χ2v) is 6.08. The zero-order valence-electron chi connectivity index (χ0n) is 13.4. The Labute approximate surface area is 119 Å². The van der Waals surface area contributed by atoms with E-state index in [1.807, 2.05) is 0 Å². The van der Waals surface area contributed by atoms with Crippen molar-refractivity contribution >= 4 is 0 Å². The van der Waals surface area contributed by atoms with E-state index in [0.717, 1.165) is 18.9 Å². The molecule has 0 spiro atoms. The van der Waals surface area contributed by atoms with E-state index in [-0.39, 0.29) is 0 Å². The summed E-state index contributed by atoms with van der Waals surface area (Å²) in [5, 5.41) is 3.66. The summed E-state index contributed by atoms with van der Waals surface area (Å²) in [5.41, 5.74) is 4.24. The van der Waals surface area contributed by atoms with Gasteiger partial charge in [0.05, 0.1) is 0 Å². The van der Waals surface area contributed by atoms with Crippen LogP contribution >= 0.6 is 0 Å². The van der Waals surface area contributed by atoms with Gasteiger partial charge < -0.3 is 5.32 Å². The normalized spacial score (nSPS) is 14.4. The zero-order valence-corrected chi connectivity index (χ0v) is 13.4. The Kier molecular flexibility index (Phi) is 7.15. The van der Waals surface area contributed by atoms with E-state index < -0.39 is 0 Å². The quantitative estimate of drug-likeness (QED) is 0.718. The van der Waals surface area contributed by atoms with Gasteiger partial charge in [-0.1, -0.05) is 62.9 Å². The van der Waals surface area contributed by atoms with E-state index >= 15 is 0 Å². The smallest absolute Gasteiger partial charge is 0.0110 e. The highest BCUT2D eigenvalue weighted by Crippen LogP contribution is 2.17. The van der Waals surface area contributed by atoms with Crippen LogP contribution in [0.15, 0.2) is 18.2 Å². The minimum atomic E-state index is 0.618. The number of nitrogens with one attached hydrogen (secondary N) is 1. The van der Waals surface area contributed by atoms with Crippen molar-refractivity contribution in [2.45, 2.75) is 66.3 Å². The fraction of sp³-hybridized carbons (Fsp3) is 0.667. The van der Waals surface area contributed by atoms with Crippen LogP contribution in [0.3, 0.4) is 0 Å². The van der Waals surface area contributed by atoms with Crippen molar-refractivity contribution < 1.29 is 0 Å². The molecular formula is C18H31N. The Morgan fingerprint density at radius 2 is 1.68 bits per heavy atom. The molecule has 0 saturated heterocycles. The lowest BCUT2D eigenvalue weighted by Gasteiger charge is -2.22. The van der Waals surface area contributed by atoms with Crippen LogP contribution in [-0.2, 0) is 6.42 Å². The second kappa shape index (κ2) is 8.37. The fourth-order valence-corrected chi connectivity index (χ4v) is 3.10. The minimum Gasteiger partial charge on any atom is -0.314 e. The molecule has 0 aliphatic heterocycles. The number of hydrogen-bond acceptors (Lipinski definition) is 1. The topological polar surface area (TPSA) is 12.0 Å². The van der Waals surface area contributed by atoms with Gasteiger partial charge in [-0.3, -0.25) is 0 Å². The van der Waals surface area contributed by atoms with Crippen molar-refractivity contribution in [2.24, 2.45) is 5.92 Å². The largest absolute Gasteiger partial charge is 0.314 e. The highest BCUT2D eigenvalue weighted by molar-refractivity contribution is 5.29. The average molecular weight is 261 g/mol. The Morgan fingerprint density at radius 1 is 1.05 bits per heavy atom. The van der Waals surface area contributed by atoms with Crippen LogP contribution in [-0.4, -0.2) is 12.6 Å². The first-order chi connectivity index (χ1) is 9.05. The molecule has 19 heavy (non-hydrogen) atoms. The fourth-order valence-electron chi connectivity index (χ4n) is 3.10. The highest BCUT2D eigenvalue weighted by atomic mass is 14.9. The maximum absolute atomic E-state index is 3.66. The molecule has 0 amide bonds. The van der Waals surface area contributed by atoms with E-state index in [1.54, 1.807) is 0 Å². The molecule has 1 rings (SSSR count). The van der Waals surface area contributed by atoms with Crippen LogP contribution in [0.2, 0.25) is 0 Å². The number of aryl methyl sites for hydroxylation is 2. The van der Waals surface area contributed by atoms with Gasteiger partial charge in [-0.2, -0.15) is 0 Å². The van der Waals surface area contributed by atoms with Crippen LogP contribution in [0.4, 0.5) is 0 Å². The summed E-state index contributed by atoms with van der Waals surface area (Å²) in [6.07, 6.45) is 5.08. The number of benzene rings is 1. The summed E-state index contributed by atoms with van der Waals surface area (Å²) >= 11 is 0. The van der Waals surface area contributed by atoms with Crippen LogP contribution in [0.5, 0.6) is 0 Å². The van der Waals surface area contributed by atoms with E-state index in [4.69, 9.17) is 0 Å². The predicted octanol–water partition coefficient (Wildman–Crippen LogP) is 4.65. The molecule has 0 saturated carbocycles. The predicted molar refractivity (Wildman–Crippen MR) is 85.8 cm³/mol. The zero-order chi connectivity index (χ0) is 14.3. The van der Waals surface area contributed by atoms with E-state index in [0.29, 0.717) is 6.04 Å². The lowest BCUT2D eigenvalue weighted by Crippen LogP contribution is -2.32. The molecule has 0 radical (unpaired) electrons. The van der Waals surface area contributed by atoms with Gasteiger partial charge in [-0.05, 0) is 44.7 Å². The van der Waals surface area contributed by atoms with Gasteiger partial charge in [0.25, 0.3) is 0 Å². The summed E-state index contributed by atoms with van der Waals surface area (Å²) in [6.45, 7) is 12.3. The van der Waals surface area contributed by atoms with Gasteiger partial charge in [0.2, 0.25) is 0 Å². The molecule has 108 valence electrons. The molecule has 0 aromatic heterocycles. The Hall–Kier alpha value is -0.820. The van der Waals surface area contributed by atoms with Crippen molar-refractivity contribution in [1.82, 2.24) is 5.32 Å². The van der Waals surface area contributed by atoms with Gasteiger partial charge in [0.1, 0.15) is 0 Å². The average Bonchev–Trinajstić information content (AvgIpc) is 2.27. The van der Waals surface area contributed by atoms with Gasteiger partial charge in [-0.25, -0.2) is 0 Å². The summed E-state index contributed by atoms with van der Waals surface area (Å²) in [6, 6.07) is 7.54. The van der Waals surface area contributed by atoms with E-state index in [9.17, 15) is 0 Å². The summed E-state index contributed by atoms with van der Waals surface area (Å²) < 4.78 is 0. The molecule has 1 aromatic carbocycles. The van der Waals surface area contributed by atoms with Crippen molar-refractivity contribution in [3.8, 4) is 0 Å². The molecule has 0 fully saturated rings. The molecule has 0 heterocycles. The Bertz CT molecular complexity index is 350. The first-order valence-electron chi connectivity index (χ1n) is 7.85. The molecule has 1 heteroatoms. The number of likely N-dealkylation sites (N-methyl/N-ethyl adjacent to an activating group) is 1. The summed E-state index contributed by atoms with van der Waals surface area (Å²) in [4.78, 5) is 0. The van der Waals surface area contributed by atoms with Crippen molar-refractivity contribution in [3.63, 3.8) is 0 Å². The lowest BCUT2D eigenvalue weighted by molar-refractivity contribution is 0.385. The maximum Gasteiger partial charge on any atom is 0.0110 e. The Balaban J connectivity index is 2.66. The standard InChI is InChI=1S/C18H31N/c1-6-8-14(3)12-18(19-7-2)13-17-10-15(4)9-16(5)11-17/h9-11,14,18-19H,6-8,12-13H2,1-5H3. The maximum atomic E-state index is 3.66. The SMILES string of the molecule is CCCC(C)CC(Cc1cc(C)cc(C)c1)NCC. The summed E-state index contributed by atoms with van der Waals surface area (Å²) in [5.74, 6) is 0.819. The third kappa shape index (κ3) is 6.24. The first-order valence-corrected chi connectivity index (χ1v) is 7.85. The van der Waals surface area contributed by atoms with E-state index in [2.05, 4.69) is 58.1 Å². The second-order valence-electron chi connectivity index (χ2n) is 6.08. The molecule has 0 bridgehead atoms. The van der Waals surface area contributed by atoms with Crippen molar-refractivity contribution in [2.75, 3.05) is 6.54 Å². The minimum absolute atomic E-state index is 0.618. The van der Waals surface area contributed by atoms with Crippen LogP contribution in [0.25, 0.3) is 0 Å². The van der Waals surface area contributed by atoms with E-state index in [1.165, 1.54) is 36.0 Å². The molecule has 0 aliphatic carbocycles. The summed E-state index contributed by atoms with van der Waals surface area (Å²) in [7, 11) is 0. The molecule has 1 aromatic rings. The van der Waals surface area contributed by atoms with Crippen molar-refractivity contribution in [1.29, 1.82) is 0 Å². The third-order valence-corrected chi connectivity index (χ3v) is 3.72. The molecule has 2 atom stereocenters. The number of hydrogen-bond donors (Lipinski definition) is 1. The van der Waals surface area contributed by atoms with Gasteiger partial charge >= 0.3 is 0 Å². The van der Waals surface area contributed by atoms with Gasteiger partial charge in [0.15, 0.2) is 0 Å². The molecule has 2 unspecified atom stereocenters. The molecule has 1 nitrogen and oxygen atoms in total. The van der Waals surface area contributed by atoms with Crippen LogP contribution in [0, 0.1) is 19.8 Å². The van der Waals surface area contributed by atoms with Crippen LogP contribution in [0.1, 0.15) is 56.7 Å². The molecular weight excluding hydrogens is 230 g/mol. The highest BCUT2D eigenvalue weighted by Gasteiger charge is 2.13. The van der Waals surface area contributed by atoms with Crippen LogP contribution < -0.4 is 5.32 Å². The van der Waals surface area contributed by atoms with Gasteiger partial charge in [0, 0.05) is 6.04 Å². The Morgan fingerprint density at radius 3 is 2.21 bits per heavy atom. The van der Waals surface area contributed by atoms with Gasteiger partial charge in [-0.15, -0.1) is 0 Å². The first kappa shape index (κ1) is 16.2. The lowest BCUT2D eigenvalue weighted by atomic mass is 9.92. The third-order valence-electron chi connectivity index (χ3n) is 3.72. The van der Waals surface area contributed by atoms with Crippen molar-refractivity contribution in [3.05, 3.63) is 34.9 Å². The number of rotatable bonds is 8. The molecule has 0 aliphatic rings. The molecule has 1 N–H and O–H groups in total. The monoisotopic (exact) mass is 261 g/mol.